The minimum atomic E-state index is -1.87. The van der Waals surface area contributed by atoms with E-state index in [1.807, 2.05) is 24.3 Å². The maximum absolute atomic E-state index is 9.05. The molecule has 1 aromatic carbocycles. The fourth-order valence-electron chi connectivity index (χ4n) is 4.76. The number of hydrogen-bond acceptors (Lipinski definition) is 7. The molecular formula is C23H30N5O3P. The van der Waals surface area contributed by atoms with Gasteiger partial charge in [-0.2, -0.15) is 0 Å². The zero-order chi connectivity index (χ0) is 22.1. The standard InChI is InChI=1S/C23H30N5O3P/c24-22-21-20(17-4-1-5-19(12-17)31-8-3-9-32(29)30)14-28(23(21)26-15-25-22)18-10-16(11-18)13-27-6-2-7-27/h1,4-5,12,14-16,18,29-30H,2-3,6-11,13H2,(H2,24,25,26). The van der Waals surface area contributed by atoms with Crippen molar-refractivity contribution >= 4 is 25.2 Å². The average Bonchev–Trinajstić information content (AvgIpc) is 3.10. The summed E-state index contributed by atoms with van der Waals surface area (Å²) in [4.78, 5) is 29.5. The van der Waals surface area contributed by atoms with Crippen molar-refractivity contribution in [1.29, 1.82) is 0 Å². The predicted octanol–water partition coefficient (Wildman–Crippen LogP) is 3.40. The lowest BCUT2D eigenvalue weighted by Crippen LogP contribution is -2.43. The molecule has 2 fully saturated rings. The summed E-state index contributed by atoms with van der Waals surface area (Å²) in [5.41, 5.74) is 9.22. The van der Waals surface area contributed by atoms with Crippen LogP contribution in [0.1, 0.15) is 31.7 Å². The van der Waals surface area contributed by atoms with Crippen LogP contribution < -0.4 is 10.5 Å². The van der Waals surface area contributed by atoms with Gasteiger partial charge in [-0.1, -0.05) is 12.1 Å². The summed E-state index contributed by atoms with van der Waals surface area (Å²) in [7, 11) is -1.87. The topological polar surface area (TPSA) is 110 Å². The van der Waals surface area contributed by atoms with Gasteiger partial charge in [0, 0.05) is 30.5 Å². The quantitative estimate of drug-likeness (QED) is 0.335. The summed E-state index contributed by atoms with van der Waals surface area (Å²) in [5.74, 6) is 2.00. The van der Waals surface area contributed by atoms with Gasteiger partial charge in [-0.25, -0.2) is 9.97 Å². The maximum Gasteiger partial charge on any atom is 0.165 e. The smallest absolute Gasteiger partial charge is 0.165 e. The second kappa shape index (κ2) is 9.32. The van der Waals surface area contributed by atoms with E-state index < -0.39 is 8.38 Å². The second-order valence-corrected chi connectivity index (χ2v) is 10.1. The molecule has 0 radical (unpaired) electrons. The lowest BCUT2D eigenvalue weighted by atomic mass is 9.79. The molecule has 0 bridgehead atoms. The van der Waals surface area contributed by atoms with E-state index in [2.05, 4.69) is 25.6 Å². The fourth-order valence-corrected chi connectivity index (χ4v) is 5.17. The predicted molar refractivity (Wildman–Crippen MR) is 127 cm³/mol. The SMILES string of the molecule is Nc1ncnc2c1c(-c1cccc(OCCCP(O)O)c1)cn2C1CC(CN2CCC2)C1. The highest BCUT2D eigenvalue weighted by atomic mass is 31.2. The van der Waals surface area contributed by atoms with Crippen LogP contribution in [0.25, 0.3) is 22.2 Å². The molecule has 8 nitrogen and oxygen atoms in total. The van der Waals surface area contributed by atoms with E-state index >= 15 is 0 Å². The zero-order valence-corrected chi connectivity index (χ0v) is 19.0. The highest BCUT2D eigenvalue weighted by Gasteiger charge is 2.34. The third kappa shape index (κ3) is 4.46. The lowest BCUT2D eigenvalue weighted by Gasteiger charge is -2.42. The van der Waals surface area contributed by atoms with Gasteiger partial charge in [0.1, 0.15) is 23.5 Å². The summed E-state index contributed by atoms with van der Waals surface area (Å²) in [5, 5.41) is 0.891. The normalized spacial score (nSPS) is 21.0. The van der Waals surface area contributed by atoms with Crippen LogP contribution in [0.4, 0.5) is 5.82 Å². The Morgan fingerprint density at radius 1 is 1.19 bits per heavy atom. The number of fused-ring (bicyclic) bond motifs is 1. The first kappa shape index (κ1) is 21.6. The molecule has 1 saturated carbocycles. The molecule has 5 rings (SSSR count). The van der Waals surface area contributed by atoms with Gasteiger partial charge in [-0.3, -0.25) is 0 Å². The number of nitrogens with zero attached hydrogens (tertiary/aromatic N) is 4. The highest BCUT2D eigenvalue weighted by Crippen LogP contribution is 2.43. The van der Waals surface area contributed by atoms with Crippen LogP contribution in [-0.2, 0) is 0 Å². The molecule has 9 heteroatoms. The van der Waals surface area contributed by atoms with E-state index in [1.54, 1.807) is 6.33 Å². The minimum Gasteiger partial charge on any atom is -0.494 e. The van der Waals surface area contributed by atoms with Crippen LogP contribution in [0.5, 0.6) is 5.75 Å². The van der Waals surface area contributed by atoms with Crippen molar-refractivity contribution < 1.29 is 14.5 Å². The van der Waals surface area contributed by atoms with Crippen LogP contribution in [0.3, 0.4) is 0 Å². The molecule has 2 aromatic heterocycles. The Hall–Kier alpha value is -2.25. The number of rotatable bonds is 9. The van der Waals surface area contributed by atoms with E-state index in [4.69, 9.17) is 20.3 Å². The van der Waals surface area contributed by atoms with Crippen LogP contribution >= 0.6 is 8.38 Å². The molecule has 3 heterocycles. The van der Waals surface area contributed by atoms with Crippen LogP contribution in [0.2, 0.25) is 0 Å². The van der Waals surface area contributed by atoms with Gasteiger partial charge in [-0.15, -0.1) is 0 Å². The summed E-state index contributed by atoms with van der Waals surface area (Å²) in [6.45, 7) is 4.16. The summed E-state index contributed by atoms with van der Waals surface area (Å²) >= 11 is 0. The molecule has 1 aliphatic heterocycles. The fraction of sp³-hybridized carbons (Fsp3) is 0.478. The van der Waals surface area contributed by atoms with E-state index in [0.29, 0.717) is 31.0 Å². The average molecular weight is 455 g/mol. The monoisotopic (exact) mass is 455 g/mol. The Morgan fingerprint density at radius 2 is 2.03 bits per heavy atom. The van der Waals surface area contributed by atoms with Crippen molar-refractivity contribution in [2.24, 2.45) is 5.92 Å². The Labute approximate surface area is 189 Å². The van der Waals surface area contributed by atoms with Gasteiger partial charge in [-0.05, 0) is 62.4 Å². The van der Waals surface area contributed by atoms with Crippen molar-refractivity contribution in [2.45, 2.75) is 31.7 Å². The number of likely N-dealkylation sites (tertiary alicyclic amines) is 1. The Morgan fingerprint density at radius 3 is 2.78 bits per heavy atom. The van der Waals surface area contributed by atoms with Crippen molar-refractivity contribution in [2.75, 3.05) is 38.1 Å². The van der Waals surface area contributed by atoms with E-state index in [0.717, 1.165) is 33.8 Å². The number of ether oxygens (including phenoxy) is 1. The number of nitrogens with two attached hydrogens (primary N) is 1. The van der Waals surface area contributed by atoms with Gasteiger partial charge < -0.3 is 29.7 Å². The van der Waals surface area contributed by atoms with E-state index in [-0.39, 0.29) is 0 Å². The largest absolute Gasteiger partial charge is 0.494 e. The second-order valence-electron chi connectivity index (χ2n) is 8.88. The Kier molecular flexibility index (Phi) is 6.28. The first-order valence-corrected chi connectivity index (χ1v) is 12.7. The van der Waals surface area contributed by atoms with E-state index in [9.17, 15) is 0 Å². The Bertz CT molecular complexity index is 1080. The molecule has 1 saturated heterocycles. The maximum atomic E-state index is 9.05. The van der Waals surface area contributed by atoms with Gasteiger partial charge >= 0.3 is 0 Å². The first-order valence-electron chi connectivity index (χ1n) is 11.3. The number of hydrogen-bond donors (Lipinski definition) is 3. The number of anilines is 1. The minimum absolute atomic E-state index is 0.358. The molecule has 2 aliphatic rings. The van der Waals surface area contributed by atoms with Gasteiger partial charge in [0.15, 0.2) is 8.38 Å². The molecule has 170 valence electrons. The van der Waals surface area contributed by atoms with Gasteiger partial charge in [0.25, 0.3) is 0 Å². The van der Waals surface area contributed by atoms with Crippen LogP contribution in [-0.4, -0.2) is 61.6 Å². The molecule has 0 spiro atoms. The molecule has 3 aromatic rings. The zero-order valence-electron chi connectivity index (χ0n) is 18.1. The summed E-state index contributed by atoms with van der Waals surface area (Å²) in [6.07, 6.45) is 8.36. The number of nitrogen functional groups attached to an aromatic ring is 1. The van der Waals surface area contributed by atoms with Crippen molar-refractivity contribution in [3.05, 3.63) is 36.8 Å². The molecular weight excluding hydrogens is 425 g/mol. The molecule has 0 amide bonds. The van der Waals surface area contributed by atoms with Crippen LogP contribution in [0.15, 0.2) is 36.8 Å². The number of benzene rings is 1. The van der Waals surface area contributed by atoms with Crippen LogP contribution in [0, 0.1) is 5.92 Å². The first-order chi connectivity index (χ1) is 15.6. The van der Waals surface area contributed by atoms with E-state index in [1.165, 1.54) is 38.9 Å². The highest BCUT2D eigenvalue weighted by molar-refractivity contribution is 7.45. The third-order valence-electron chi connectivity index (χ3n) is 6.62. The lowest BCUT2D eigenvalue weighted by molar-refractivity contribution is 0.0921. The molecule has 1 aliphatic carbocycles. The molecule has 0 atom stereocenters. The van der Waals surface area contributed by atoms with Crippen molar-refractivity contribution in [3.8, 4) is 16.9 Å². The van der Waals surface area contributed by atoms with Crippen molar-refractivity contribution in [3.63, 3.8) is 0 Å². The summed E-state index contributed by atoms with van der Waals surface area (Å²) in [6, 6.07) is 8.37. The Balaban J connectivity index is 1.37. The van der Waals surface area contributed by atoms with Crippen molar-refractivity contribution in [1.82, 2.24) is 19.4 Å². The molecule has 0 unspecified atom stereocenters. The molecule has 4 N–H and O–H groups in total. The summed E-state index contributed by atoms with van der Waals surface area (Å²) < 4.78 is 8.11. The molecule has 32 heavy (non-hydrogen) atoms. The number of aromatic nitrogens is 3. The third-order valence-corrected chi connectivity index (χ3v) is 7.34. The van der Waals surface area contributed by atoms with Gasteiger partial charge in [0.2, 0.25) is 0 Å². The van der Waals surface area contributed by atoms with Gasteiger partial charge in [0.05, 0.1) is 12.0 Å².